The Bertz CT molecular complexity index is 1550. The molecule has 33 heavy (non-hydrogen) atoms. The van der Waals surface area contributed by atoms with Gasteiger partial charge in [-0.15, -0.1) is 0 Å². The number of rotatable bonds is 1. The molecule has 0 aromatic heterocycles. The lowest BCUT2D eigenvalue weighted by Gasteiger charge is -2.39. The Morgan fingerprint density at radius 2 is 1.21 bits per heavy atom. The van der Waals surface area contributed by atoms with E-state index in [0.29, 0.717) is 0 Å². The normalized spacial score (nSPS) is 17.0. The van der Waals surface area contributed by atoms with E-state index in [1.807, 2.05) is 0 Å². The second-order valence-electron chi connectivity index (χ2n) is 8.63. The Hall–Kier alpha value is -3.62. The van der Waals surface area contributed by atoms with Crippen LogP contribution in [0.2, 0.25) is 0 Å². The maximum absolute atomic E-state index is 6.50. The molecule has 0 amide bonds. The van der Waals surface area contributed by atoms with E-state index in [9.17, 15) is 0 Å². The van der Waals surface area contributed by atoms with Crippen molar-refractivity contribution in [2.24, 2.45) is 0 Å². The minimum absolute atomic E-state index is 0.440. The monoisotopic (exact) mass is 486 g/mol. The highest BCUT2D eigenvalue weighted by atomic mass is 79.9. The Labute approximate surface area is 201 Å². The van der Waals surface area contributed by atoms with Crippen LogP contribution in [0, 0.1) is 0 Å². The molecule has 0 N–H and O–H groups in total. The van der Waals surface area contributed by atoms with Gasteiger partial charge < -0.3 is 4.74 Å². The van der Waals surface area contributed by atoms with Gasteiger partial charge in [0.2, 0.25) is 0 Å². The first-order valence-electron chi connectivity index (χ1n) is 11.1. The summed E-state index contributed by atoms with van der Waals surface area (Å²) in [6, 6.07) is 41.1. The molecule has 0 saturated carbocycles. The third-order valence-corrected chi connectivity index (χ3v) is 7.68. The van der Waals surface area contributed by atoms with Gasteiger partial charge in [-0.1, -0.05) is 107 Å². The van der Waals surface area contributed by atoms with Gasteiger partial charge in [-0.2, -0.15) is 0 Å². The SMILES string of the molecule is Brc1cccc2c1-c1ccccc1C21c2ccccc2Oc2ccc(-c3ccccc3)cc21. The average molecular weight is 487 g/mol. The van der Waals surface area contributed by atoms with Gasteiger partial charge in [-0.05, 0) is 52.1 Å². The smallest absolute Gasteiger partial charge is 0.132 e. The van der Waals surface area contributed by atoms with Crippen LogP contribution in [0.4, 0.5) is 0 Å². The number of ether oxygens (including phenoxy) is 1. The lowest BCUT2D eigenvalue weighted by molar-refractivity contribution is 0.436. The third-order valence-electron chi connectivity index (χ3n) is 7.02. The van der Waals surface area contributed by atoms with Gasteiger partial charge in [0, 0.05) is 21.2 Å². The fraction of sp³-hybridized carbons (Fsp3) is 0.0323. The first-order chi connectivity index (χ1) is 16.3. The van der Waals surface area contributed by atoms with Crippen molar-refractivity contribution < 1.29 is 4.74 Å². The minimum Gasteiger partial charge on any atom is -0.457 e. The molecular formula is C31H19BrO. The van der Waals surface area contributed by atoms with Crippen molar-refractivity contribution in [3.8, 4) is 33.8 Å². The molecule has 1 heterocycles. The topological polar surface area (TPSA) is 9.23 Å². The zero-order valence-corrected chi connectivity index (χ0v) is 19.3. The number of hydrogen-bond donors (Lipinski definition) is 0. The van der Waals surface area contributed by atoms with Crippen molar-refractivity contribution in [1.29, 1.82) is 0 Å². The summed E-state index contributed by atoms with van der Waals surface area (Å²) in [7, 11) is 0. The summed E-state index contributed by atoms with van der Waals surface area (Å²) < 4.78 is 7.62. The molecule has 1 aliphatic carbocycles. The molecular weight excluding hydrogens is 468 g/mol. The van der Waals surface area contributed by atoms with Crippen LogP contribution >= 0.6 is 15.9 Å². The minimum atomic E-state index is -0.440. The second-order valence-corrected chi connectivity index (χ2v) is 9.49. The van der Waals surface area contributed by atoms with E-state index in [1.165, 1.54) is 44.5 Å². The van der Waals surface area contributed by atoms with Crippen LogP contribution in [0.25, 0.3) is 22.3 Å². The predicted octanol–water partition coefficient (Wildman–Crippen LogP) is 8.58. The summed E-state index contributed by atoms with van der Waals surface area (Å²) in [4.78, 5) is 0. The van der Waals surface area contributed by atoms with Crippen molar-refractivity contribution >= 4 is 15.9 Å². The zero-order valence-electron chi connectivity index (χ0n) is 17.8. The number of para-hydroxylation sites is 1. The van der Waals surface area contributed by atoms with Gasteiger partial charge in [0.1, 0.15) is 11.5 Å². The van der Waals surface area contributed by atoms with E-state index in [-0.39, 0.29) is 0 Å². The van der Waals surface area contributed by atoms with Gasteiger partial charge in [-0.25, -0.2) is 0 Å². The maximum atomic E-state index is 6.50. The first-order valence-corrected chi connectivity index (χ1v) is 11.9. The van der Waals surface area contributed by atoms with Gasteiger partial charge in [0.15, 0.2) is 0 Å². The van der Waals surface area contributed by atoms with Gasteiger partial charge >= 0.3 is 0 Å². The summed E-state index contributed by atoms with van der Waals surface area (Å²) in [5.74, 6) is 1.83. The largest absolute Gasteiger partial charge is 0.457 e. The summed E-state index contributed by atoms with van der Waals surface area (Å²) >= 11 is 3.87. The highest BCUT2D eigenvalue weighted by Crippen LogP contribution is 2.63. The first kappa shape index (κ1) is 18.9. The molecule has 7 rings (SSSR count). The van der Waals surface area contributed by atoms with Gasteiger partial charge in [-0.3, -0.25) is 0 Å². The van der Waals surface area contributed by atoms with Gasteiger partial charge in [0.25, 0.3) is 0 Å². The van der Waals surface area contributed by atoms with Crippen LogP contribution in [-0.4, -0.2) is 0 Å². The van der Waals surface area contributed by atoms with Crippen LogP contribution in [0.5, 0.6) is 11.5 Å². The predicted molar refractivity (Wildman–Crippen MR) is 137 cm³/mol. The molecule has 0 fully saturated rings. The molecule has 0 bridgehead atoms. The molecule has 5 aromatic rings. The number of hydrogen-bond acceptors (Lipinski definition) is 1. The molecule has 0 saturated heterocycles. The molecule has 1 unspecified atom stereocenters. The highest BCUT2D eigenvalue weighted by Gasteiger charge is 2.51. The van der Waals surface area contributed by atoms with Crippen molar-refractivity contribution in [2.75, 3.05) is 0 Å². The molecule has 0 radical (unpaired) electrons. The van der Waals surface area contributed by atoms with Crippen LogP contribution in [0.1, 0.15) is 22.3 Å². The second kappa shape index (κ2) is 6.94. The van der Waals surface area contributed by atoms with Crippen molar-refractivity contribution in [1.82, 2.24) is 0 Å². The fourth-order valence-electron chi connectivity index (χ4n) is 5.72. The van der Waals surface area contributed by atoms with Crippen LogP contribution in [0.3, 0.4) is 0 Å². The lowest BCUT2D eigenvalue weighted by Crippen LogP contribution is -2.32. The molecule has 1 atom stereocenters. The average Bonchev–Trinajstić information content (AvgIpc) is 3.17. The van der Waals surface area contributed by atoms with Crippen LogP contribution in [-0.2, 0) is 5.41 Å². The van der Waals surface area contributed by atoms with Crippen LogP contribution in [0.15, 0.2) is 120 Å². The van der Waals surface area contributed by atoms with E-state index in [2.05, 4.69) is 131 Å². The maximum Gasteiger partial charge on any atom is 0.132 e. The molecule has 156 valence electrons. The number of halogens is 1. The lowest BCUT2D eigenvalue weighted by atomic mass is 9.66. The number of benzene rings is 5. The quantitative estimate of drug-likeness (QED) is 0.225. The molecule has 2 aliphatic rings. The molecule has 5 aromatic carbocycles. The Morgan fingerprint density at radius 1 is 0.515 bits per heavy atom. The van der Waals surface area contributed by atoms with Crippen LogP contribution < -0.4 is 4.74 Å². The van der Waals surface area contributed by atoms with E-state index >= 15 is 0 Å². The van der Waals surface area contributed by atoms with E-state index in [4.69, 9.17) is 4.74 Å². The van der Waals surface area contributed by atoms with Gasteiger partial charge in [0.05, 0.1) is 5.41 Å². The standard InChI is InChI=1S/C31H19BrO/c32-27-15-8-14-25-30(27)22-11-4-5-12-23(22)31(25)24-13-6-7-16-28(24)33-29-18-17-21(19-26(29)31)20-9-2-1-3-10-20/h1-19H. The molecule has 1 spiro atoms. The fourth-order valence-corrected chi connectivity index (χ4v) is 6.29. The van der Waals surface area contributed by atoms with Crippen molar-refractivity contribution in [2.45, 2.75) is 5.41 Å². The number of fused-ring (bicyclic) bond motifs is 9. The zero-order chi connectivity index (χ0) is 22.0. The summed E-state index contributed by atoms with van der Waals surface area (Å²) in [6.45, 7) is 0. The van der Waals surface area contributed by atoms with E-state index in [1.54, 1.807) is 0 Å². The van der Waals surface area contributed by atoms with Crippen molar-refractivity contribution in [3.05, 3.63) is 142 Å². The molecule has 1 nitrogen and oxygen atoms in total. The van der Waals surface area contributed by atoms with E-state index < -0.39 is 5.41 Å². The summed E-state index contributed by atoms with van der Waals surface area (Å²) in [5.41, 5.74) is 9.46. The molecule has 2 heteroatoms. The summed E-state index contributed by atoms with van der Waals surface area (Å²) in [6.07, 6.45) is 0. The highest BCUT2D eigenvalue weighted by molar-refractivity contribution is 9.10. The third kappa shape index (κ3) is 2.47. The Morgan fingerprint density at radius 3 is 2.09 bits per heavy atom. The van der Waals surface area contributed by atoms with Crippen molar-refractivity contribution in [3.63, 3.8) is 0 Å². The van der Waals surface area contributed by atoms with E-state index in [0.717, 1.165) is 16.0 Å². The molecule has 1 aliphatic heterocycles. The Kier molecular flexibility index (Phi) is 3.97. The Balaban J connectivity index is 1.65. The summed E-state index contributed by atoms with van der Waals surface area (Å²) in [5, 5.41) is 0.